The van der Waals surface area contributed by atoms with E-state index >= 15 is 0 Å². The highest BCUT2D eigenvalue weighted by molar-refractivity contribution is 6.08. The predicted molar refractivity (Wildman–Crippen MR) is 79.5 cm³/mol. The van der Waals surface area contributed by atoms with Crippen molar-refractivity contribution < 1.29 is 14.3 Å². The van der Waals surface area contributed by atoms with Gasteiger partial charge in [0.05, 0.1) is 31.7 Å². The summed E-state index contributed by atoms with van der Waals surface area (Å²) in [5, 5.41) is 2.76. The summed E-state index contributed by atoms with van der Waals surface area (Å²) in [7, 11) is 3.08. The number of methoxy groups -OCH3 is 2. The van der Waals surface area contributed by atoms with Gasteiger partial charge in [0.1, 0.15) is 11.5 Å². The van der Waals surface area contributed by atoms with Crippen molar-refractivity contribution in [3.8, 4) is 11.5 Å². The zero-order chi connectivity index (χ0) is 15.2. The van der Waals surface area contributed by atoms with Crippen LogP contribution in [0.1, 0.15) is 10.4 Å². The van der Waals surface area contributed by atoms with Gasteiger partial charge in [0.25, 0.3) is 5.91 Å². The van der Waals surface area contributed by atoms with Crippen LogP contribution in [0, 0.1) is 0 Å². The van der Waals surface area contributed by atoms with Crippen LogP contribution < -0.4 is 26.1 Å². The Morgan fingerprint density at radius 2 is 1.86 bits per heavy atom. The number of nitrogens with zero attached hydrogens (tertiary/aromatic N) is 1. The Balaban J connectivity index is 2.27. The minimum absolute atomic E-state index is 0.319. The monoisotopic (exact) mass is 288 g/mol. The fraction of sp³-hybridized carbons (Fsp3) is 0.143. The largest absolute Gasteiger partial charge is 0.497 e. The van der Waals surface area contributed by atoms with Crippen molar-refractivity contribution in [3.05, 3.63) is 42.2 Å². The minimum atomic E-state index is -0.319. The molecule has 1 amide bonds. The summed E-state index contributed by atoms with van der Waals surface area (Å²) in [6.45, 7) is 0. The number of anilines is 2. The van der Waals surface area contributed by atoms with Gasteiger partial charge in [-0.2, -0.15) is 0 Å². The molecule has 0 fully saturated rings. The van der Waals surface area contributed by atoms with Crippen molar-refractivity contribution >= 4 is 17.3 Å². The number of hydrogen-bond donors (Lipinski definition) is 3. The molecular formula is C14H16N4O3. The van der Waals surface area contributed by atoms with Gasteiger partial charge in [-0.05, 0) is 6.07 Å². The number of benzene rings is 1. The normalized spacial score (nSPS) is 9.86. The number of nitrogens with one attached hydrogen (secondary N) is 2. The fourth-order valence-corrected chi connectivity index (χ4v) is 1.79. The van der Waals surface area contributed by atoms with Crippen molar-refractivity contribution in [3.63, 3.8) is 0 Å². The first kappa shape index (κ1) is 14.6. The summed E-state index contributed by atoms with van der Waals surface area (Å²) < 4.78 is 10.3. The third-order valence-electron chi connectivity index (χ3n) is 2.83. The van der Waals surface area contributed by atoms with E-state index < -0.39 is 0 Å². The van der Waals surface area contributed by atoms with Crippen LogP contribution in [-0.4, -0.2) is 25.1 Å². The average molecular weight is 288 g/mol. The number of nitrogen functional groups attached to an aromatic ring is 1. The summed E-state index contributed by atoms with van der Waals surface area (Å²) in [5.41, 5.74) is 3.81. The summed E-state index contributed by atoms with van der Waals surface area (Å²) in [6.07, 6.45) is 2.99. The van der Waals surface area contributed by atoms with Crippen LogP contribution in [-0.2, 0) is 0 Å². The molecule has 0 radical (unpaired) electrons. The molecule has 0 bridgehead atoms. The Morgan fingerprint density at radius 1 is 1.19 bits per heavy atom. The van der Waals surface area contributed by atoms with E-state index in [0.717, 1.165) is 0 Å². The molecule has 1 heterocycles. The molecule has 1 aromatic carbocycles. The highest BCUT2D eigenvalue weighted by Crippen LogP contribution is 2.26. The summed E-state index contributed by atoms with van der Waals surface area (Å²) in [4.78, 5) is 16.2. The maximum Gasteiger partial charge on any atom is 0.257 e. The zero-order valence-corrected chi connectivity index (χ0v) is 11.7. The van der Waals surface area contributed by atoms with Gasteiger partial charge in [-0.15, -0.1) is 0 Å². The molecule has 0 atom stereocenters. The van der Waals surface area contributed by atoms with Gasteiger partial charge in [-0.25, -0.2) is 0 Å². The molecule has 0 saturated heterocycles. The Kier molecular flexibility index (Phi) is 4.57. The van der Waals surface area contributed by atoms with E-state index in [-0.39, 0.29) is 5.91 Å². The molecule has 0 aliphatic rings. The van der Waals surface area contributed by atoms with Crippen molar-refractivity contribution in [2.75, 3.05) is 25.0 Å². The lowest BCUT2D eigenvalue weighted by molar-refractivity contribution is 0.102. The average Bonchev–Trinajstić information content (AvgIpc) is 2.54. The van der Waals surface area contributed by atoms with E-state index in [1.54, 1.807) is 38.5 Å². The Hall–Kier alpha value is -2.80. The van der Waals surface area contributed by atoms with Crippen LogP contribution in [0.15, 0.2) is 36.7 Å². The third kappa shape index (κ3) is 3.40. The Morgan fingerprint density at radius 3 is 2.43 bits per heavy atom. The number of hydrogen-bond acceptors (Lipinski definition) is 6. The lowest BCUT2D eigenvalue weighted by Crippen LogP contribution is -2.17. The number of nitrogens with two attached hydrogens (primary N) is 1. The van der Waals surface area contributed by atoms with Gasteiger partial charge in [0.2, 0.25) is 0 Å². The summed E-state index contributed by atoms with van der Waals surface area (Å²) >= 11 is 0. The third-order valence-corrected chi connectivity index (χ3v) is 2.83. The van der Waals surface area contributed by atoms with E-state index in [2.05, 4.69) is 15.7 Å². The smallest absolute Gasteiger partial charge is 0.257 e. The van der Waals surface area contributed by atoms with Crippen molar-refractivity contribution in [1.82, 2.24) is 4.98 Å². The molecule has 7 nitrogen and oxygen atoms in total. The van der Waals surface area contributed by atoms with Gasteiger partial charge in [0.15, 0.2) is 0 Å². The van der Waals surface area contributed by atoms with Gasteiger partial charge in [0, 0.05) is 30.1 Å². The van der Waals surface area contributed by atoms with Crippen LogP contribution in [0.25, 0.3) is 0 Å². The van der Waals surface area contributed by atoms with Crippen LogP contribution in [0.2, 0.25) is 0 Å². The first-order valence-electron chi connectivity index (χ1n) is 6.13. The first-order chi connectivity index (χ1) is 10.2. The summed E-state index contributed by atoms with van der Waals surface area (Å²) in [6, 6.07) is 6.67. The molecule has 2 rings (SSSR count). The number of carbonyl (C=O) groups excluding carboxylic acids is 1. The fourth-order valence-electron chi connectivity index (χ4n) is 1.79. The molecule has 4 N–H and O–H groups in total. The second-order valence-corrected chi connectivity index (χ2v) is 4.12. The lowest BCUT2D eigenvalue weighted by Gasteiger charge is -2.11. The first-order valence-corrected chi connectivity index (χ1v) is 6.13. The molecular weight excluding hydrogens is 272 g/mol. The number of hydrazine groups is 1. The second kappa shape index (κ2) is 6.58. The lowest BCUT2D eigenvalue weighted by atomic mass is 10.2. The number of aromatic nitrogens is 1. The van der Waals surface area contributed by atoms with E-state index in [9.17, 15) is 4.79 Å². The van der Waals surface area contributed by atoms with Gasteiger partial charge in [-0.3, -0.25) is 15.6 Å². The molecule has 110 valence electrons. The van der Waals surface area contributed by atoms with Gasteiger partial charge < -0.3 is 20.2 Å². The van der Waals surface area contributed by atoms with E-state index in [0.29, 0.717) is 28.4 Å². The SMILES string of the molecule is COc1cc(NC(=O)c2ccncc2NN)cc(OC)c1. The molecule has 0 saturated carbocycles. The van der Waals surface area contributed by atoms with Crippen LogP contribution in [0.5, 0.6) is 11.5 Å². The van der Waals surface area contributed by atoms with Crippen LogP contribution in [0.3, 0.4) is 0 Å². The molecule has 1 aromatic heterocycles. The van der Waals surface area contributed by atoms with Gasteiger partial charge in [-0.1, -0.05) is 0 Å². The van der Waals surface area contributed by atoms with Gasteiger partial charge >= 0.3 is 0 Å². The maximum atomic E-state index is 12.3. The maximum absolute atomic E-state index is 12.3. The second-order valence-electron chi connectivity index (χ2n) is 4.12. The number of rotatable bonds is 5. The number of amides is 1. The molecule has 21 heavy (non-hydrogen) atoms. The Bertz CT molecular complexity index is 624. The van der Waals surface area contributed by atoms with Crippen molar-refractivity contribution in [1.29, 1.82) is 0 Å². The highest BCUT2D eigenvalue weighted by Gasteiger charge is 2.12. The highest BCUT2D eigenvalue weighted by atomic mass is 16.5. The van der Waals surface area contributed by atoms with E-state index in [1.807, 2.05) is 0 Å². The predicted octanol–water partition coefficient (Wildman–Crippen LogP) is 1.64. The van der Waals surface area contributed by atoms with Crippen molar-refractivity contribution in [2.24, 2.45) is 5.84 Å². The summed E-state index contributed by atoms with van der Waals surface area (Å²) in [5.74, 6) is 6.20. The quantitative estimate of drug-likeness (QED) is 0.571. The van der Waals surface area contributed by atoms with E-state index in [1.165, 1.54) is 12.4 Å². The Labute approximate surface area is 122 Å². The molecule has 0 aliphatic heterocycles. The standard InChI is InChI=1S/C14H16N4O3/c1-20-10-5-9(6-11(7-10)21-2)17-14(19)12-3-4-16-8-13(12)18-15/h3-8,18H,15H2,1-2H3,(H,17,19). The minimum Gasteiger partial charge on any atom is -0.497 e. The van der Waals surface area contributed by atoms with Crippen LogP contribution >= 0.6 is 0 Å². The molecule has 2 aromatic rings. The molecule has 7 heteroatoms. The van der Waals surface area contributed by atoms with Crippen LogP contribution in [0.4, 0.5) is 11.4 Å². The molecule has 0 spiro atoms. The molecule has 0 unspecified atom stereocenters. The number of ether oxygens (including phenoxy) is 2. The number of carbonyl (C=O) groups is 1. The zero-order valence-electron chi connectivity index (χ0n) is 11.7. The number of pyridine rings is 1. The van der Waals surface area contributed by atoms with Crippen molar-refractivity contribution in [2.45, 2.75) is 0 Å². The van der Waals surface area contributed by atoms with E-state index in [4.69, 9.17) is 15.3 Å². The molecule has 0 aliphatic carbocycles. The topological polar surface area (TPSA) is 98.5 Å².